The number of unbranched alkanes of at least 4 members (excludes halogenated alkanes) is 28. The van der Waals surface area contributed by atoms with Crippen molar-refractivity contribution in [3.8, 4) is 0 Å². The van der Waals surface area contributed by atoms with Gasteiger partial charge in [-0.3, -0.25) is 9.35 Å². The third-order valence-electron chi connectivity index (χ3n) is 10.4. The van der Waals surface area contributed by atoms with E-state index in [1.54, 1.807) is 6.08 Å². The molecule has 3 atom stereocenters. The Labute approximate surface area is 334 Å². The molecule has 0 aliphatic heterocycles. The largest absolute Gasteiger partial charge is 0.387 e. The van der Waals surface area contributed by atoms with Crippen molar-refractivity contribution in [2.45, 2.75) is 244 Å². The average Bonchev–Trinajstić information content (AvgIpc) is 3.14. The third kappa shape index (κ3) is 38.8. The van der Waals surface area contributed by atoms with Gasteiger partial charge in [-0.2, -0.15) is 8.42 Å². The smallest absolute Gasteiger partial charge is 0.267 e. The Kier molecular flexibility index (Phi) is 38.7. The van der Waals surface area contributed by atoms with Gasteiger partial charge in [-0.25, -0.2) is 0 Å². The molecule has 0 spiro atoms. The third-order valence-corrected chi connectivity index (χ3v) is 11.2. The number of amides is 1. The van der Waals surface area contributed by atoms with Gasteiger partial charge in [0.25, 0.3) is 10.1 Å². The molecule has 0 radical (unpaired) electrons. The zero-order valence-electron chi connectivity index (χ0n) is 35.2. The maximum absolute atomic E-state index is 12.6. The minimum absolute atomic E-state index is 0.274. The van der Waals surface area contributed by atoms with Gasteiger partial charge in [-0.15, -0.1) is 0 Å². The molecule has 3 unspecified atom stereocenters. The van der Waals surface area contributed by atoms with E-state index < -0.39 is 40.0 Å². The molecule has 8 heteroatoms. The Morgan fingerprint density at radius 2 is 0.833 bits per heavy atom. The molecule has 0 aliphatic rings. The summed E-state index contributed by atoms with van der Waals surface area (Å²) in [5.74, 6) is -1.56. The van der Waals surface area contributed by atoms with Crippen LogP contribution < -0.4 is 5.32 Å². The van der Waals surface area contributed by atoms with Crippen molar-refractivity contribution in [1.29, 1.82) is 0 Å². The monoisotopic (exact) mass is 782 g/mol. The first-order valence-electron chi connectivity index (χ1n) is 22.8. The molecule has 0 aromatic rings. The van der Waals surface area contributed by atoms with Crippen LogP contribution in [-0.2, 0) is 14.9 Å². The van der Waals surface area contributed by atoms with Crippen molar-refractivity contribution in [1.82, 2.24) is 5.32 Å². The number of aliphatic hydroxyl groups excluding tert-OH is 2. The van der Waals surface area contributed by atoms with Crippen molar-refractivity contribution in [3.63, 3.8) is 0 Å². The van der Waals surface area contributed by atoms with Crippen LogP contribution in [0.15, 0.2) is 36.5 Å². The number of allylic oxidation sites excluding steroid dienone is 5. The minimum atomic E-state index is -4.46. The molecule has 4 N–H and O–H groups in total. The zero-order chi connectivity index (χ0) is 39.8. The summed E-state index contributed by atoms with van der Waals surface area (Å²) < 4.78 is 32.6. The molecule has 54 heavy (non-hydrogen) atoms. The predicted molar refractivity (Wildman–Crippen MR) is 231 cm³/mol. The predicted octanol–water partition coefficient (Wildman–Crippen LogP) is 12.7. The number of rotatable bonds is 41. The van der Waals surface area contributed by atoms with Crippen LogP contribution >= 0.6 is 0 Å². The highest BCUT2D eigenvalue weighted by molar-refractivity contribution is 7.85. The normalized spacial score (nSPS) is 14.1. The van der Waals surface area contributed by atoms with E-state index in [2.05, 4.69) is 43.5 Å². The maximum atomic E-state index is 12.6. The topological polar surface area (TPSA) is 124 Å². The second-order valence-corrected chi connectivity index (χ2v) is 17.3. The molecule has 0 saturated heterocycles. The van der Waals surface area contributed by atoms with E-state index in [1.165, 1.54) is 154 Å². The van der Waals surface area contributed by atoms with Crippen LogP contribution in [0, 0.1) is 0 Å². The number of aliphatic hydroxyl groups is 2. The molecule has 0 aromatic heterocycles. The first-order valence-corrected chi connectivity index (χ1v) is 24.4. The van der Waals surface area contributed by atoms with Crippen LogP contribution in [0.25, 0.3) is 0 Å². The van der Waals surface area contributed by atoms with Crippen molar-refractivity contribution in [2.24, 2.45) is 0 Å². The quantitative estimate of drug-likeness (QED) is 0.0278. The SMILES string of the molecule is CCCCCCCCCCC/C=C/CC/C=C/CC/C=C/C(O)C(CS(=O)(=O)O)NC(=O)C(O)CCCCCCCCCCCCCCCCCCCC. The van der Waals surface area contributed by atoms with Gasteiger partial charge in [0.05, 0.1) is 17.9 Å². The summed E-state index contributed by atoms with van der Waals surface area (Å²) in [6.07, 6.45) is 49.2. The van der Waals surface area contributed by atoms with Crippen LogP contribution in [0.5, 0.6) is 0 Å². The van der Waals surface area contributed by atoms with Gasteiger partial charge in [0.1, 0.15) is 6.10 Å². The van der Waals surface area contributed by atoms with Crippen LogP contribution in [0.4, 0.5) is 0 Å². The lowest BCUT2D eigenvalue weighted by molar-refractivity contribution is -0.130. The molecule has 0 aromatic carbocycles. The lowest BCUT2D eigenvalue weighted by Gasteiger charge is -2.22. The van der Waals surface area contributed by atoms with E-state index in [-0.39, 0.29) is 6.42 Å². The molecule has 1 amide bonds. The van der Waals surface area contributed by atoms with Gasteiger partial charge in [-0.05, 0) is 44.9 Å². The Bertz CT molecular complexity index is 1010. The number of hydrogen-bond donors (Lipinski definition) is 4. The molecular weight excluding hydrogens is 695 g/mol. The van der Waals surface area contributed by atoms with Crippen molar-refractivity contribution >= 4 is 16.0 Å². The molecule has 0 aliphatic carbocycles. The van der Waals surface area contributed by atoms with Crippen LogP contribution in [-0.4, -0.2) is 53.1 Å². The summed E-state index contributed by atoms with van der Waals surface area (Å²) in [7, 11) is -4.46. The van der Waals surface area contributed by atoms with Crippen molar-refractivity contribution < 1.29 is 28.0 Å². The molecule has 0 rings (SSSR count). The number of nitrogens with one attached hydrogen (secondary N) is 1. The fraction of sp³-hybridized carbons (Fsp3) is 0.848. The second-order valence-electron chi connectivity index (χ2n) is 15.8. The van der Waals surface area contributed by atoms with E-state index in [0.29, 0.717) is 12.8 Å². The van der Waals surface area contributed by atoms with Gasteiger partial charge in [0, 0.05) is 0 Å². The zero-order valence-corrected chi connectivity index (χ0v) is 36.0. The van der Waals surface area contributed by atoms with Gasteiger partial charge in [-0.1, -0.05) is 217 Å². The number of carbonyl (C=O) groups is 1. The molecule has 318 valence electrons. The van der Waals surface area contributed by atoms with Crippen molar-refractivity contribution in [2.75, 3.05) is 5.75 Å². The Hall–Kier alpha value is -1.48. The number of hydrogen-bond acceptors (Lipinski definition) is 5. The van der Waals surface area contributed by atoms with E-state index in [1.807, 2.05) is 0 Å². The van der Waals surface area contributed by atoms with Crippen LogP contribution in [0.1, 0.15) is 226 Å². The Morgan fingerprint density at radius 3 is 1.22 bits per heavy atom. The molecule has 0 fully saturated rings. The Balaban J connectivity index is 4.03. The van der Waals surface area contributed by atoms with E-state index in [0.717, 1.165) is 44.9 Å². The van der Waals surface area contributed by atoms with E-state index in [4.69, 9.17) is 0 Å². The minimum Gasteiger partial charge on any atom is -0.387 e. The summed E-state index contributed by atoms with van der Waals surface area (Å²) in [6.45, 7) is 4.53. The van der Waals surface area contributed by atoms with Crippen molar-refractivity contribution in [3.05, 3.63) is 36.5 Å². The second kappa shape index (κ2) is 39.7. The summed E-state index contributed by atoms with van der Waals surface area (Å²) >= 11 is 0. The number of carbonyl (C=O) groups excluding carboxylic acids is 1. The van der Waals surface area contributed by atoms with Gasteiger partial charge < -0.3 is 15.5 Å². The highest BCUT2D eigenvalue weighted by Crippen LogP contribution is 2.16. The lowest BCUT2D eigenvalue weighted by Crippen LogP contribution is -2.50. The van der Waals surface area contributed by atoms with Crippen LogP contribution in [0.2, 0.25) is 0 Å². The summed E-state index contributed by atoms with van der Waals surface area (Å²) in [5.41, 5.74) is 0. The first kappa shape index (κ1) is 52.5. The fourth-order valence-corrected chi connectivity index (χ4v) is 7.64. The van der Waals surface area contributed by atoms with Gasteiger partial charge in [0.15, 0.2) is 0 Å². The van der Waals surface area contributed by atoms with E-state index in [9.17, 15) is 28.0 Å². The average molecular weight is 782 g/mol. The highest BCUT2D eigenvalue weighted by atomic mass is 32.2. The standard InChI is InChI=1S/C46H87NO6S/c1-3-5-7-9-11-13-15-17-19-21-23-25-26-28-30-32-34-36-38-40-44(48)43(42-54(51,52)53)47-46(50)45(49)41-39-37-35-33-31-29-27-24-22-20-18-16-14-12-10-8-6-4-2/h23,25,30,32,38,40,43-45,48-49H,3-22,24,26-29,31,33-37,39,41-42H2,1-2H3,(H,47,50)(H,51,52,53)/b25-23+,32-30+,40-38+. The molecule has 0 bridgehead atoms. The summed E-state index contributed by atoms with van der Waals surface area (Å²) in [5, 5.41) is 23.4. The van der Waals surface area contributed by atoms with Crippen LogP contribution in [0.3, 0.4) is 0 Å². The molecule has 7 nitrogen and oxygen atoms in total. The first-order chi connectivity index (χ1) is 26.2. The highest BCUT2D eigenvalue weighted by Gasteiger charge is 2.27. The molecular formula is C46H87NO6S. The molecule has 0 heterocycles. The van der Waals surface area contributed by atoms with Gasteiger partial charge >= 0.3 is 0 Å². The summed E-state index contributed by atoms with van der Waals surface area (Å²) in [6, 6.07) is -1.25. The van der Waals surface area contributed by atoms with E-state index >= 15 is 0 Å². The lowest BCUT2D eigenvalue weighted by atomic mass is 10.0. The summed E-state index contributed by atoms with van der Waals surface area (Å²) in [4.78, 5) is 12.6. The Morgan fingerprint density at radius 1 is 0.500 bits per heavy atom. The molecule has 0 saturated carbocycles. The van der Waals surface area contributed by atoms with Gasteiger partial charge in [0.2, 0.25) is 5.91 Å². The maximum Gasteiger partial charge on any atom is 0.267 e. The fourth-order valence-electron chi connectivity index (χ4n) is 6.90.